The maximum atomic E-state index is 11.2. The molecule has 4 nitrogen and oxygen atoms in total. The smallest absolute Gasteiger partial charge is 0.349 e. The van der Waals surface area contributed by atoms with Crippen LogP contribution in [0.3, 0.4) is 0 Å². The Morgan fingerprint density at radius 2 is 1.90 bits per heavy atom. The number of rotatable bonds is 2. The highest BCUT2D eigenvalue weighted by molar-refractivity contribution is 7.73. The zero-order valence-electron chi connectivity index (χ0n) is 10.2. The molecule has 0 spiro atoms. The van der Waals surface area contributed by atoms with Crippen LogP contribution in [0.2, 0.25) is 0 Å². The molecule has 3 aromatic rings. The molecule has 0 amide bonds. The van der Waals surface area contributed by atoms with Crippen molar-refractivity contribution in [3.05, 3.63) is 51.3 Å². The third kappa shape index (κ3) is 1.90. The summed E-state index contributed by atoms with van der Waals surface area (Å²) in [5, 5.41) is 11.2. The number of benzene rings is 2. The molecular weight excluding hydrogens is 292 g/mol. The first-order valence-electron chi connectivity index (χ1n) is 5.82. The molecule has 0 saturated carbocycles. The number of carboxylic acid groups (broad SMARTS) is 1. The number of aromatic nitrogens is 1. The van der Waals surface area contributed by atoms with Crippen LogP contribution in [0.25, 0.3) is 16.5 Å². The molecule has 100 valence electrons. The molecule has 2 aromatic carbocycles. The molecule has 0 radical (unpaired) electrons. The number of carbonyl (C=O) groups is 1. The summed E-state index contributed by atoms with van der Waals surface area (Å²) in [4.78, 5) is 11.2. The number of carboxylic acids is 1. The maximum absolute atomic E-state index is 11.2. The molecule has 1 aromatic heterocycles. The fourth-order valence-corrected chi connectivity index (χ4v) is 3.36. The van der Waals surface area contributed by atoms with Crippen molar-refractivity contribution < 1.29 is 9.90 Å². The predicted molar refractivity (Wildman–Crippen MR) is 83.4 cm³/mol. The van der Waals surface area contributed by atoms with Crippen LogP contribution in [0, 0.1) is 3.95 Å². The van der Waals surface area contributed by atoms with Crippen molar-refractivity contribution in [2.24, 2.45) is 0 Å². The standard InChI is InChI=1S/C14H10N2O2S2/c15-12-11(13(17)18)20-14(19)16(12)10-7-3-5-8-4-1-2-6-9(8)10/h1-7H,15H2,(H,17,18). The summed E-state index contributed by atoms with van der Waals surface area (Å²) < 4.78 is 2.04. The van der Waals surface area contributed by atoms with Gasteiger partial charge in [-0.3, -0.25) is 4.57 Å². The zero-order valence-corrected chi connectivity index (χ0v) is 11.9. The van der Waals surface area contributed by atoms with Gasteiger partial charge in [0.2, 0.25) is 0 Å². The summed E-state index contributed by atoms with van der Waals surface area (Å²) >= 11 is 6.27. The van der Waals surface area contributed by atoms with Crippen LogP contribution in [0.15, 0.2) is 42.5 Å². The minimum atomic E-state index is -1.06. The summed E-state index contributed by atoms with van der Waals surface area (Å²) in [6, 6.07) is 13.6. The second kappa shape index (κ2) is 4.73. The molecule has 0 aliphatic rings. The summed E-state index contributed by atoms with van der Waals surface area (Å²) in [6.07, 6.45) is 0. The molecule has 0 aliphatic heterocycles. The van der Waals surface area contributed by atoms with Crippen LogP contribution in [0.5, 0.6) is 0 Å². The average molecular weight is 302 g/mol. The van der Waals surface area contributed by atoms with E-state index in [2.05, 4.69) is 0 Å². The first kappa shape index (κ1) is 12.8. The molecule has 0 saturated heterocycles. The highest BCUT2D eigenvalue weighted by atomic mass is 32.1. The molecule has 3 rings (SSSR count). The molecule has 0 atom stereocenters. The number of nitrogens with two attached hydrogens (primary N) is 1. The first-order chi connectivity index (χ1) is 9.59. The van der Waals surface area contributed by atoms with E-state index in [1.165, 1.54) is 0 Å². The van der Waals surface area contributed by atoms with Crippen molar-refractivity contribution in [1.82, 2.24) is 4.57 Å². The lowest BCUT2D eigenvalue weighted by Crippen LogP contribution is -2.05. The SMILES string of the molecule is Nc1c(C(=O)O)sc(=S)n1-c1cccc2ccccc12. The van der Waals surface area contributed by atoms with Crippen LogP contribution in [-0.4, -0.2) is 15.6 Å². The van der Waals surface area contributed by atoms with Crippen molar-refractivity contribution in [2.45, 2.75) is 0 Å². The Hall–Kier alpha value is -2.18. The quantitative estimate of drug-likeness (QED) is 0.708. The van der Waals surface area contributed by atoms with Crippen LogP contribution in [-0.2, 0) is 0 Å². The Bertz CT molecular complexity index is 875. The Morgan fingerprint density at radius 3 is 2.60 bits per heavy atom. The van der Waals surface area contributed by atoms with E-state index < -0.39 is 5.97 Å². The molecule has 0 fully saturated rings. The predicted octanol–water partition coefficient (Wildman–Crippen LogP) is 3.70. The molecule has 0 bridgehead atoms. The van der Waals surface area contributed by atoms with Gasteiger partial charge in [0.15, 0.2) is 8.83 Å². The van der Waals surface area contributed by atoms with Gasteiger partial charge in [-0.2, -0.15) is 0 Å². The van der Waals surface area contributed by atoms with Gasteiger partial charge in [-0.1, -0.05) is 47.7 Å². The zero-order chi connectivity index (χ0) is 14.3. The van der Waals surface area contributed by atoms with Crippen molar-refractivity contribution >= 4 is 46.1 Å². The van der Waals surface area contributed by atoms with Crippen molar-refractivity contribution in [3.63, 3.8) is 0 Å². The van der Waals surface area contributed by atoms with E-state index in [0.717, 1.165) is 27.8 Å². The lowest BCUT2D eigenvalue weighted by Gasteiger charge is -2.09. The summed E-state index contributed by atoms with van der Waals surface area (Å²) in [5.41, 5.74) is 6.75. The number of hydrogen-bond donors (Lipinski definition) is 2. The van der Waals surface area contributed by atoms with Gasteiger partial charge in [-0.05, 0) is 23.7 Å². The minimum absolute atomic E-state index is 0.0722. The van der Waals surface area contributed by atoms with Crippen LogP contribution in [0.1, 0.15) is 9.67 Å². The molecular formula is C14H10N2O2S2. The Kier molecular flexibility index (Phi) is 3.04. The lowest BCUT2D eigenvalue weighted by molar-refractivity contribution is 0.0703. The van der Waals surface area contributed by atoms with Gasteiger partial charge in [-0.25, -0.2) is 4.79 Å². The van der Waals surface area contributed by atoms with Gasteiger partial charge >= 0.3 is 5.97 Å². The van der Waals surface area contributed by atoms with Crippen LogP contribution >= 0.6 is 23.6 Å². The average Bonchev–Trinajstić information content (AvgIpc) is 2.74. The third-order valence-corrected chi connectivity index (χ3v) is 4.42. The molecule has 6 heteroatoms. The van der Waals surface area contributed by atoms with Gasteiger partial charge < -0.3 is 10.8 Å². The van der Waals surface area contributed by atoms with Crippen molar-refractivity contribution in [2.75, 3.05) is 5.73 Å². The Morgan fingerprint density at radius 1 is 1.20 bits per heavy atom. The summed E-state index contributed by atoms with van der Waals surface area (Å²) in [7, 11) is 0. The topological polar surface area (TPSA) is 68.2 Å². The van der Waals surface area contributed by atoms with E-state index in [1.807, 2.05) is 42.5 Å². The lowest BCUT2D eigenvalue weighted by atomic mass is 10.1. The highest BCUT2D eigenvalue weighted by Gasteiger charge is 2.17. The third-order valence-electron chi connectivity index (χ3n) is 3.05. The van der Waals surface area contributed by atoms with E-state index >= 15 is 0 Å². The first-order valence-corrected chi connectivity index (χ1v) is 7.05. The second-order valence-corrected chi connectivity index (χ2v) is 5.87. The van der Waals surface area contributed by atoms with Gasteiger partial charge in [0, 0.05) is 5.39 Å². The van der Waals surface area contributed by atoms with E-state index in [-0.39, 0.29) is 10.7 Å². The summed E-state index contributed by atoms with van der Waals surface area (Å²) in [5.74, 6) is -0.888. The Balaban J connectivity index is 2.38. The fourth-order valence-electron chi connectivity index (χ4n) is 2.17. The normalized spacial score (nSPS) is 10.8. The van der Waals surface area contributed by atoms with Gasteiger partial charge in [0.1, 0.15) is 5.82 Å². The number of anilines is 1. The van der Waals surface area contributed by atoms with E-state index in [4.69, 9.17) is 23.1 Å². The van der Waals surface area contributed by atoms with Gasteiger partial charge in [0.25, 0.3) is 0 Å². The van der Waals surface area contributed by atoms with E-state index in [0.29, 0.717) is 3.95 Å². The molecule has 20 heavy (non-hydrogen) atoms. The van der Waals surface area contributed by atoms with Crippen molar-refractivity contribution in [3.8, 4) is 5.69 Å². The number of aromatic carboxylic acids is 1. The largest absolute Gasteiger partial charge is 0.477 e. The van der Waals surface area contributed by atoms with Gasteiger partial charge in [0.05, 0.1) is 5.69 Å². The van der Waals surface area contributed by atoms with Crippen molar-refractivity contribution in [1.29, 1.82) is 0 Å². The summed E-state index contributed by atoms with van der Waals surface area (Å²) in [6.45, 7) is 0. The van der Waals surface area contributed by atoms with Crippen LogP contribution < -0.4 is 5.73 Å². The second-order valence-electron chi connectivity index (χ2n) is 4.22. The number of nitrogen functional groups attached to an aromatic ring is 1. The number of hydrogen-bond acceptors (Lipinski definition) is 4. The number of nitrogens with zero attached hydrogens (tertiary/aromatic N) is 1. The highest BCUT2D eigenvalue weighted by Crippen LogP contribution is 2.30. The fraction of sp³-hybridized carbons (Fsp3) is 0. The minimum Gasteiger partial charge on any atom is -0.477 e. The maximum Gasteiger partial charge on any atom is 0.349 e. The van der Waals surface area contributed by atoms with E-state index in [1.54, 1.807) is 4.57 Å². The monoisotopic (exact) mass is 302 g/mol. The Labute approximate surface area is 123 Å². The van der Waals surface area contributed by atoms with Gasteiger partial charge in [-0.15, -0.1) is 0 Å². The molecule has 0 unspecified atom stereocenters. The molecule has 0 aliphatic carbocycles. The molecule has 3 N–H and O–H groups in total. The molecule has 1 heterocycles. The van der Waals surface area contributed by atoms with Crippen LogP contribution in [0.4, 0.5) is 5.82 Å². The van der Waals surface area contributed by atoms with E-state index in [9.17, 15) is 4.79 Å². The number of thiazole rings is 1. The number of fused-ring (bicyclic) bond motifs is 1.